The monoisotopic (exact) mass is 940 g/mol. The maximum Gasteiger partial charge on any atom is 0.241 e. The number of nitrogens with zero attached hydrogens (tertiary/aromatic N) is 1. The highest BCUT2D eigenvalue weighted by Gasteiger charge is 2.46. The molecule has 3 fully saturated rings. The molecule has 5 aromatic carbocycles. The summed E-state index contributed by atoms with van der Waals surface area (Å²) in [7, 11) is -4.00. The minimum absolute atomic E-state index is 0.0437. The van der Waals surface area contributed by atoms with Gasteiger partial charge in [0.2, 0.25) is 21.8 Å². The van der Waals surface area contributed by atoms with Crippen LogP contribution in [-0.2, 0) is 48.7 Å². The van der Waals surface area contributed by atoms with Crippen LogP contribution >= 0.6 is 0 Å². The second-order valence-corrected chi connectivity index (χ2v) is 21.9. The molecule has 0 radical (unpaired) electrons. The number of aliphatic hydroxyl groups is 1. The molecular formula is C56H68N4O7S. The van der Waals surface area contributed by atoms with Crippen molar-refractivity contribution in [1.29, 1.82) is 0 Å². The van der Waals surface area contributed by atoms with E-state index in [-0.39, 0.29) is 60.1 Å². The first-order valence-corrected chi connectivity index (χ1v) is 25.8. The van der Waals surface area contributed by atoms with Crippen LogP contribution in [0, 0.1) is 18.8 Å². The summed E-state index contributed by atoms with van der Waals surface area (Å²) >= 11 is 0. The average molecular weight is 941 g/mol. The fourth-order valence-electron chi connectivity index (χ4n) is 10.4. The molecule has 0 unspecified atom stereocenters. The van der Waals surface area contributed by atoms with Gasteiger partial charge in [-0.1, -0.05) is 141 Å². The van der Waals surface area contributed by atoms with Crippen LogP contribution in [0.5, 0.6) is 0 Å². The van der Waals surface area contributed by atoms with E-state index in [0.717, 1.165) is 70.2 Å². The number of carbonyl (C=O) groups is 2. The first-order valence-electron chi connectivity index (χ1n) is 24.3. The molecule has 0 aromatic heterocycles. The number of hydrogen-bond donors (Lipinski definition) is 4. The number of nitrogens with one attached hydrogen (secondary N) is 3. The third-order valence-corrected chi connectivity index (χ3v) is 15.5. The number of hydrogen-bond acceptors (Lipinski definition) is 8. The number of sulfonamides is 1. The molecule has 8 atom stereocenters. The summed E-state index contributed by atoms with van der Waals surface area (Å²) in [5.41, 5.74) is 6.83. The van der Waals surface area contributed by atoms with Gasteiger partial charge in [0.15, 0.2) is 6.29 Å². The topological polar surface area (TPSA) is 146 Å². The summed E-state index contributed by atoms with van der Waals surface area (Å²) in [4.78, 5) is 30.6. The summed E-state index contributed by atoms with van der Waals surface area (Å²) in [6.07, 6.45) is 5.45. The van der Waals surface area contributed by atoms with E-state index in [9.17, 15) is 23.1 Å². The van der Waals surface area contributed by atoms with Crippen LogP contribution < -0.4 is 15.4 Å². The van der Waals surface area contributed by atoms with Gasteiger partial charge in [-0.2, -0.15) is 4.72 Å². The lowest BCUT2D eigenvalue weighted by molar-refractivity contribution is -0.278. The standard InChI is InChI=1S/C56H68N4O7S/c1-37-19-30-46(31-20-37)68(64,65)59-48(33-39-13-7-6-8-14-39)53(62)57-34-45-16-9-11-17-47(45)41-25-27-44(28-26-41)55-66-51(38(2)52(67-55)43-23-21-40(36-61)22-24-43)35-60-49-18-12-10-15-42(49)29-32-50(60)54(63)58-56(3,4)5/h6-9,11,13-14,16-17,19-28,30-31,38,42,48-52,55,59,61H,10,12,15,18,29,32-36H2,1-5H3,(H,57,62)(H,58,63)/t38-,42+,48+,49+,50+,51+,52+,55+/m0/s1. The van der Waals surface area contributed by atoms with Crippen LogP contribution in [0.1, 0.15) is 112 Å². The van der Waals surface area contributed by atoms with Gasteiger partial charge in [0, 0.05) is 36.2 Å². The van der Waals surface area contributed by atoms with Crippen LogP contribution in [0.15, 0.2) is 132 Å². The molecule has 12 heteroatoms. The predicted molar refractivity (Wildman–Crippen MR) is 265 cm³/mol. The van der Waals surface area contributed by atoms with Gasteiger partial charge in [-0.05, 0) is 111 Å². The molecule has 8 rings (SSSR count). The van der Waals surface area contributed by atoms with E-state index in [2.05, 4.69) is 27.2 Å². The van der Waals surface area contributed by atoms with Gasteiger partial charge >= 0.3 is 0 Å². The van der Waals surface area contributed by atoms with Crippen molar-refractivity contribution in [3.05, 3.63) is 161 Å². The van der Waals surface area contributed by atoms with Crippen molar-refractivity contribution >= 4 is 21.8 Å². The van der Waals surface area contributed by atoms with Gasteiger partial charge in [-0.25, -0.2) is 8.42 Å². The summed E-state index contributed by atoms with van der Waals surface area (Å²) < 4.78 is 43.7. The van der Waals surface area contributed by atoms with Crippen molar-refractivity contribution in [2.24, 2.45) is 11.8 Å². The Balaban J connectivity index is 1.03. The van der Waals surface area contributed by atoms with Crippen LogP contribution in [0.25, 0.3) is 11.1 Å². The lowest BCUT2D eigenvalue weighted by Crippen LogP contribution is -2.61. The molecule has 68 heavy (non-hydrogen) atoms. The zero-order valence-electron chi connectivity index (χ0n) is 40.1. The Labute approximate surface area is 403 Å². The minimum atomic E-state index is -4.00. The molecule has 11 nitrogen and oxygen atoms in total. The maximum absolute atomic E-state index is 14.0. The van der Waals surface area contributed by atoms with Crippen molar-refractivity contribution in [3.8, 4) is 11.1 Å². The predicted octanol–water partition coefficient (Wildman–Crippen LogP) is 9.09. The number of likely N-dealkylation sites (tertiary alicyclic amines) is 1. The SMILES string of the molecule is Cc1ccc(S(=O)(=O)N[C@H](Cc2ccccc2)C(=O)NCc2ccccc2-c2ccc([C@@H]3O[C@H](CN4[C@@H](C(=O)NC(C)(C)C)CC[C@H]5CCCC[C@H]54)[C@H](C)[C@H](c4ccc(CO)cc4)O3)cc2)cc1. The molecule has 2 aliphatic heterocycles. The molecule has 2 heterocycles. The van der Waals surface area contributed by atoms with Crippen LogP contribution in [0.2, 0.25) is 0 Å². The van der Waals surface area contributed by atoms with Gasteiger partial charge in [-0.3, -0.25) is 14.5 Å². The Morgan fingerprint density at radius 2 is 1.46 bits per heavy atom. The smallest absolute Gasteiger partial charge is 0.241 e. The Morgan fingerprint density at radius 3 is 2.16 bits per heavy atom. The van der Waals surface area contributed by atoms with Crippen LogP contribution in [-0.4, -0.2) is 66.6 Å². The highest BCUT2D eigenvalue weighted by molar-refractivity contribution is 7.89. The van der Waals surface area contributed by atoms with Gasteiger partial charge in [-0.15, -0.1) is 0 Å². The van der Waals surface area contributed by atoms with Gasteiger partial charge in [0.25, 0.3) is 0 Å². The van der Waals surface area contributed by atoms with E-state index in [0.29, 0.717) is 18.5 Å². The summed E-state index contributed by atoms with van der Waals surface area (Å²) in [5, 5.41) is 16.2. The van der Waals surface area contributed by atoms with Crippen LogP contribution in [0.4, 0.5) is 0 Å². The largest absolute Gasteiger partial charge is 0.392 e. The molecule has 4 N–H and O–H groups in total. The molecule has 1 aliphatic carbocycles. The van der Waals surface area contributed by atoms with E-state index in [4.69, 9.17) is 9.47 Å². The molecule has 2 amide bonds. The normalized spacial score (nSPS) is 23.8. The fraction of sp³-hybridized carbons (Fsp3) is 0.429. The van der Waals surface area contributed by atoms with Crippen molar-refractivity contribution in [3.63, 3.8) is 0 Å². The highest BCUT2D eigenvalue weighted by Crippen LogP contribution is 2.45. The number of carbonyl (C=O) groups excluding carboxylic acids is 2. The van der Waals surface area contributed by atoms with Crippen molar-refractivity contribution in [1.82, 2.24) is 20.3 Å². The number of piperidine rings is 1. The number of rotatable bonds is 15. The first kappa shape index (κ1) is 49.2. The fourth-order valence-corrected chi connectivity index (χ4v) is 11.6. The maximum atomic E-state index is 14.0. The average Bonchev–Trinajstić information content (AvgIpc) is 3.33. The van der Waals surface area contributed by atoms with Crippen LogP contribution in [0.3, 0.4) is 0 Å². The highest BCUT2D eigenvalue weighted by atomic mass is 32.2. The third kappa shape index (κ3) is 12.0. The third-order valence-electron chi connectivity index (χ3n) is 14.0. The number of ether oxygens (including phenoxy) is 2. The second-order valence-electron chi connectivity index (χ2n) is 20.1. The Bertz CT molecular complexity index is 2580. The van der Waals surface area contributed by atoms with E-state index in [1.807, 2.05) is 131 Å². The molecule has 360 valence electrons. The summed E-state index contributed by atoms with van der Waals surface area (Å²) in [5.74, 6) is 0.161. The quantitative estimate of drug-likeness (QED) is 0.0814. The van der Waals surface area contributed by atoms with Gasteiger partial charge < -0.3 is 25.2 Å². The molecular weight excluding hydrogens is 873 g/mol. The molecule has 0 spiro atoms. The van der Waals surface area contributed by atoms with E-state index in [1.54, 1.807) is 24.3 Å². The molecule has 3 aliphatic rings. The molecule has 1 saturated carbocycles. The lowest BCUT2D eigenvalue weighted by Gasteiger charge is -2.51. The minimum Gasteiger partial charge on any atom is -0.392 e. The van der Waals surface area contributed by atoms with E-state index in [1.165, 1.54) is 12.8 Å². The molecule has 5 aromatic rings. The molecule has 0 bridgehead atoms. The van der Waals surface area contributed by atoms with E-state index >= 15 is 0 Å². The number of fused-ring (bicyclic) bond motifs is 1. The Kier molecular flexibility index (Phi) is 15.6. The van der Waals surface area contributed by atoms with Crippen molar-refractivity contribution < 1.29 is 32.6 Å². The zero-order chi connectivity index (χ0) is 48.0. The van der Waals surface area contributed by atoms with Crippen molar-refractivity contribution in [2.45, 2.75) is 140 Å². The number of aryl methyl sites for hydroxylation is 1. The van der Waals surface area contributed by atoms with Gasteiger partial charge in [0.1, 0.15) is 6.04 Å². The summed E-state index contributed by atoms with van der Waals surface area (Å²) in [6, 6.07) is 38.9. The number of amides is 2. The Morgan fingerprint density at radius 1 is 0.779 bits per heavy atom. The first-order chi connectivity index (χ1) is 32.7. The zero-order valence-corrected chi connectivity index (χ0v) is 40.9. The number of benzene rings is 5. The van der Waals surface area contributed by atoms with E-state index < -0.39 is 28.3 Å². The lowest BCUT2D eigenvalue weighted by atomic mass is 9.75. The summed E-state index contributed by atoms with van der Waals surface area (Å²) in [6.45, 7) is 10.9. The number of aliphatic hydroxyl groups excluding tert-OH is 1. The molecule has 2 saturated heterocycles. The van der Waals surface area contributed by atoms with Crippen molar-refractivity contribution in [2.75, 3.05) is 6.54 Å². The van der Waals surface area contributed by atoms with Gasteiger partial charge in [0.05, 0.1) is 29.8 Å². The second kappa shape index (κ2) is 21.6. The Hall–Kier alpha value is -5.21.